The van der Waals surface area contributed by atoms with Gasteiger partial charge in [-0.3, -0.25) is 4.57 Å². The second kappa shape index (κ2) is 11.4. The van der Waals surface area contributed by atoms with Crippen LogP contribution in [-0.4, -0.2) is 19.5 Å². The Kier molecular flexibility index (Phi) is 6.42. The monoisotopic (exact) mass is 640 g/mol. The predicted octanol–water partition coefficient (Wildman–Crippen LogP) is 11.5. The summed E-state index contributed by atoms with van der Waals surface area (Å²) in [4.78, 5) is 15.2. The van der Waals surface area contributed by atoms with Crippen molar-refractivity contribution >= 4 is 43.7 Å². The van der Waals surface area contributed by atoms with Crippen molar-refractivity contribution in [2.24, 2.45) is 0 Å². The molecular weight excluding hydrogens is 613 g/mol. The van der Waals surface area contributed by atoms with Gasteiger partial charge in [0.25, 0.3) is 0 Å². The fourth-order valence-corrected chi connectivity index (χ4v) is 7.03. The molecule has 0 aliphatic carbocycles. The topological polar surface area (TPSA) is 56.7 Å². The van der Waals surface area contributed by atoms with E-state index < -0.39 is 0 Å². The quantitative estimate of drug-likeness (QED) is 0.188. The molecule has 0 fully saturated rings. The highest BCUT2D eigenvalue weighted by Gasteiger charge is 2.19. The molecule has 0 aliphatic heterocycles. The van der Waals surface area contributed by atoms with Gasteiger partial charge >= 0.3 is 0 Å². The maximum atomic E-state index is 6.11. The first-order valence-electron chi connectivity index (χ1n) is 16.7. The summed E-state index contributed by atoms with van der Waals surface area (Å²) in [6, 6.07) is 58.7. The molecule has 5 nitrogen and oxygen atoms in total. The maximum absolute atomic E-state index is 6.11. The predicted molar refractivity (Wildman–Crippen MR) is 203 cm³/mol. The highest BCUT2D eigenvalue weighted by molar-refractivity contribution is 6.11. The van der Waals surface area contributed by atoms with Gasteiger partial charge in [0.05, 0.1) is 11.0 Å². The van der Waals surface area contributed by atoms with Gasteiger partial charge < -0.3 is 4.42 Å². The van der Waals surface area contributed by atoms with Crippen LogP contribution in [0.1, 0.15) is 0 Å². The normalized spacial score (nSPS) is 11.6. The molecule has 3 aromatic heterocycles. The summed E-state index contributed by atoms with van der Waals surface area (Å²) in [7, 11) is 0. The van der Waals surface area contributed by atoms with Crippen LogP contribution in [0, 0.1) is 0 Å². The van der Waals surface area contributed by atoms with Crippen molar-refractivity contribution in [3.05, 3.63) is 170 Å². The van der Waals surface area contributed by atoms with Gasteiger partial charge in [-0.25, -0.2) is 4.98 Å². The third kappa shape index (κ3) is 4.67. The molecule has 0 amide bonds. The number of hydrogen-bond acceptors (Lipinski definition) is 4. The van der Waals surface area contributed by atoms with Crippen LogP contribution in [0.3, 0.4) is 0 Å². The van der Waals surface area contributed by atoms with Gasteiger partial charge in [0.15, 0.2) is 11.6 Å². The molecule has 0 atom stereocenters. The molecule has 10 aromatic rings. The summed E-state index contributed by atoms with van der Waals surface area (Å²) in [6.45, 7) is 0. The number of rotatable bonds is 5. The summed E-state index contributed by atoms with van der Waals surface area (Å²) in [5, 5.41) is 4.50. The SMILES string of the molecule is c1ccc(-c2ccc(-c3nc(-c4ccccc4)nc(-n4c5ccccc5c5cc(-c6ccc7oc8ccccc8c7c6)ccc54)n3)cc2)cc1. The summed E-state index contributed by atoms with van der Waals surface area (Å²) < 4.78 is 8.27. The van der Waals surface area contributed by atoms with Crippen molar-refractivity contribution in [1.29, 1.82) is 0 Å². The van der Waals surface area contributed by atoms with E-state index >= 15 is 0 Å². The van der Waals surface area contributed by atoms with Crippen LogP contribution >= 0.6 is 0 Å². The van der Waals surface area contributed by atoms with E-state index in [0.717, 1.165) is 71.6 Å². The Morgan fingerprint density at radius 2 is 0.840 bits per heavy atom. The molecule has 0 saturated carbocycles. The van der Waals surface area contributed by atoms with Crippen LogP contribution in [0.5, 0.6) is 0 Å². The van der Waals surface area contributed by atoms with Gasteiger partial charge in [0.1, 0.15) is 11.2 Å². The third-order valence-corrected chi connectivity index (χ3v) is 9.49. The minimum Gasteiger partial charge on any atom is -0.456 e. The number of hydrogen-bond donors (Lipinski definition) is 0. The average Bonchev–Trinajstić information content (AvgIpc) is 3.73. The lowest BCUT2D eigenvalue weighted by molar-refractivity contribution is 0.669. The van der Waals surface area contributed by atoms with Crippen molar-refractivity contribution in [1.82, 2.24) is 19.5 Å². The molecule has 5 heteroatoms. The highest BCUT2D eigenvalue weighted by Crippen LogP contribution is 2.37. The van der Waals surface area contributed by atoms with Gasteiger partial charge in [-0.1, -0.05) is 133 Å². The number of para-hydroxylation sites is 2. The molecule has 0 radical (unpaired) electrons. The van der Waals surface area contributed by atoms with Crippen LogP contribution in [0.25, 0.3) is 94.7 Å². The van der Waals surface area contributed by atoms with Crippen molar-refractivity contribution in [3.63, 3.8) is 0 Å². The summed E-state index contributed by atoms with van der Waals surface area (Å²) in [5.41, 5.74) is 10.3. The van der Waals surface area contributed by atoms with E-state index in [0.29, 0.717) is 17.6 Å². The molecule has 10 rings (SSSR count). The number of benzene rings is 7. The zero-order valence-corrected chi connectivity index (χ0v) is 26.9. The lowest BCUT2D eigenvalue weighted by atomic mass is 10.0. The Balaban J connectivity index is 1.15. The summed E-state index contributed by atoms with van der Waals surface area (Å²) >= 11 is 0. The Morgan fingerprint density at radius 3 is 1.60 bits per heavy atom. The van der Waals surface area contributed by atoms with E-state index in [2.05, 4.69) is 126 Å². The first kappa shape index (κ1) is 28.2. The molecule has 0 N–H and O–H groups in total. The first-order valence-corrected chi connectivity index (χ1v) is 16.7. The van der Waals surface area contributed by atoms with E-state index in [4.69, 9.17) is 19.4 Å². The minimum absolute atomic E-state index is 0.575. The van der Waals surface area contributed by atoms with Crippen LogP contribution in [0.2, 0.25) is 0 Å². The second-order valence-electron chi connectivity index (χ2n) is 12.5. The molecule has 3 heterocycles. The zero-order valence-electron chi connectivity index (χ0n) is 26.9. The van der Waals surface area contributed by atoms with Gasteiger partial charge in [-0.15, -0.1) is 0 Å². The highest BCUT2D eigenvalue weighted by atomic mass is 16.3. The lowest BCUT2D eigenvalue weighted by Crippen LogP contribution is -2.06. The molecular formula is C45H28N4O. The first-order chi connectivity index (χ1) is 24.8. The number of aromatic nitrogens is 4. The molecule has 7 aromatic carbocycles. The number of fused-ring (bicyclic) bond motifs is 6. The van der Waals surface area contributed by atoms with Crippen molar-refractivity contribution in [2.75, 3.05) is 0 Å². The van der Waals surface area contributed by atoms with E-state index in [-0.39, 0.29) is 0 Å². The summed E-state index contributed by atoms with van der Waals surface area (Å²) in [6.07, 6.45) is 0. The molecule has 0 saturated heterocycles. The smallest absolute Gasteiger partial charge is 0.238 e. The minimum atomic E-state index is 0.575. The van der Waals surface area contributed by atoms with Crippen LogP contribution in [0.15, 0.2) is 174 Å². The molecule has 0 unspecified atom stereocenters. The fourth-order valence-electron chi connectivity index (χ4n) is 7.03. The molecule has 234 valence electrons. The van der Waals surface area contributed by atoms with Gasteiger partial charge in [0, 0.05) is 32.7 Å². The third-order valence-electron chi connectivity index (χ3n) is 9.49. The molecule has 0 aliphatic rings. The van der Waals surface area contributed by atoms with Crippen molar-refractivity contribution in [2.45, 2.75) is 0 Å². The van der Waals surface area contributed by atoms with Crippen LogP contribution in [0.4, 0.5) is 0 Å². The molecule has 0 spiro atoms. The van der Waals surface area contributed by atoms with Gasteiger partial charge in [-0.2, -0.15) is 9.97 Å². The largest absolute Gasteiger partial charge is 0.456 e. The fraction of sp³-hybridized carbons (Fsp3) is 0. The standard InChI is InChI=1S/C45H28N4O/c1-3-11-29(12-4-1)30-19-21-32(22-20-30)44-46-43(31-13-5-2-6-14-31)47-45(48-44)49-39-17-9-7-15-35(39)37-27-33(23-25-40(37)49)34-24-26-42-38(28-34)36-16-8-10-18-41(36)50-42/h1-28H. The average molecular weight is 641 g/mol. The van der Waals surface area contributed by atoms with Gasteiger partial charge in [0.2, 0.25) is 5.95 Å². The Bertz CT molecular complexity index is 2850. The van der Waals surface area contributed by atoms with Gasteiger partial charge in [-0.05, 0) is 58.7 Å². The Hall–Kier alpha value is -6.85. The summed E-state index contributed by atoms with van der Waals surface area (Å²) in [5.74, 6) is 1.82. The van der Waals surface area contributed by atoms with Crippen LogP contribution < -0.4 is 0 Å². The van der Waals surface area contributed by atoms with Crippen molar-refractivity contribution < 1.29 is 4.42 Å². The molecule has 50 heavy (non-hydrogen) atoms. The zero-order chi connectivity index (χ0) is 33.0. The van der Waals surface area contributed by atoms with Crippen molar-refractivity contribution in [3.8, 4) is 51.0 Å². The number of nitrogens with zero attached hydrogens (tertiary/aromatic N) is 4. The lowest BCUT2D eigenvalue weighted by Gasteiger charge is -2.11. The van der Waals surface area contributed by atoms with E-state index in [1.54, 1.807) is 0 Å². The van der Waals surface area contributed by atoms with E-state index in [9.17, 15) is 0 Å². The van der Waals surface area contributed by atoms with E-state index in [1.807, 2.05) is 48.5 Å². The van der Waals surface area contributed by atoms with E-state index in [1.165, 1.54) is 5.56 Å². The molecule has 0 bridgehead atoms. The second-order valence-corrected chi connectivity index (χ2v) is 12.5. The maximum Gasteiger partial charge on any atom is 0.238 e. The Labute approximate surface area is 287 Å². The Morgan fingerprint density at radius 1 is 0.340 bits per heavy atom. The van der Waals surface area contributed by atoms with Crippen LogP contribution in [-0.2, 0) is 0 Å². The number of furan rings is 1.